The lowest BCUT2D eigenvalue weighted by Gasteiger charge is -2.24. The van der Waals surface area contributed by atoms with Crippen LogP contribution in [0.1, 0.15) is 77.6 Å². The van der Waals surface area contributed by atoms with Crippen LogP contribution >= 0.6 is 0 Å². The first-order valence-electron chi connectivity index (χ1n) is 9.84. The maximum Gasteiger partial charge on any atom is 0.340 e. The number of hydrogen-bond acceptors (Lipinski definition) is 5. The number of nitrogens with zero attached hydrogens (tertiary/aromatic N) is 1. The second-order valence-corrected chi connectivity index (χ2v) is 7.59. The molecular formula is C20H27N3O5. The lowest BCUT2D eigenvalue weighted by Crippen LogP contribution is -2.46. The summed E-state index contributed by atoms with van der Waals surface area (Å²) >= 11 is 0. The Morgan fingerprint density at radius 1 is 1.04 bits per heavy atom. The van der Waals surface area contributed by atoms with E-state index in [0.29, 0.717) is 24.2 Å². The van der Waals surface area contributed by atoms with Gasteiger partial charge in [-0.3, -0.25) is 14.5 Å². The van der Waals surface area contributed by atoms with Crippen LogP contribution in [-0.2, 0) is 9.53 Å². The van der Waals surface area contributed by atoms with Crippen LogP contribution in [0, 0.1) is 13.8 Å². The molecule has 0 radical (unpaired) electrons. The van der Waals surface area contributed by atoms with Crippen LogP contribution in [0.3, 0.4) is 0 Å². The molecule has 2 fully saturated rings. The van der Waals surface area contributed by atoms with E-state index in [9.17, 15) is 19.2 Å². The number of Topliss-reactive ketones (excluding diaryl/α,β-unsaturated/α-hetero) is 1. The van der Waals surface area contributed by atoms with Gasteiger partial charge in [-0.15, -0.1) is 0 Å². The highest BCUT2D eigenvalue weighted by Gasteiger charge is 2.51. The number of hydrogen-bond donors (Lipinski definition) is 2. The van der Waals surface area contributed by atoms with Crippen molar-refractivity contribution in [3.63, 3.8) is 0 Å². The average molecular weight is 389 g/mol. The van der Waals surface area contributed by atoms with Gasteiger partial charge in [0, 0.05) is 11.4 Å². The Morgan fingerprint density at radius 3 is 2.25 bits per heavy atom. The Labute approximate surface area is 164 Å². The van der Waals surface area contributed by atoms with Gasteiger partial charge in [0.1, 0.15) is 5.54 Å². The number of aromatic nitrogens is 1. The largest absolute Gasteiger partial charge is 0.462 e. The minimum absolute atomic E-state index is 0.167. The van der Waals surface area contributed by atoms with Crippen LogP contribution in [0.5, 0.6) is 0 Å². The molecule has 1 aliphatic heterocycles. The normalized spacial score (nSPS) is 18.9. The molecule has 152 valence electrons. The molecule has 2 aliphatic rings. The molecule has 1 aromatic heterocycles. The molecule has 8 heteroatoms. The van der Waals surface area contributed by atoms with Gasteiger partial charge in [0.05, 0.1) is 24.3 Å². The summed E-state index contributed by atoms with van der Waals surface area (Å²) in [7, 11) is 0. The molecule has 0 atom stereocenters. The Hall–Kier alpha value is -2.64. The number of aryl methyl sites for hydroxylation is 2. The first-order chi connectivity index (χ1) is 13.3. The minimum Gasteiger partial charge on any atom is -0.462 e. The lowest BCUT2D eigenvalue weighted by atomic mass is 9.90. The summed E-state index contributed by atoms with van der Waals surface area (Å²) in [6.07, 6.45) is 5.01. The van der Waals surface area contributed by atoms with Gasteiger partial charge < -0.3 is 15.0 Å². The molecule has 2 heterocycles. The number of imide groups is 1. The molecule has 3 amide bonds. The summed E-state index contributed by atoms with van der Waals surface area (Å²) in [5.74, 6) is -1.39. The monoisotopic (exact) mass is 389 g/mol. The first-order valence-corrected chi connectivity index (χ1v) is 9.84. The quantitative estimate of drug-likeness (QED) is 0.457. The number of esters is 1. The minimum atomic E-state index is -0.888. The molecule has 1 saturated heterocycles. The maximum atomic E-state index is 13.0. The molecule has 28 heavy (non-hydrogen) atoms. The molecule has 1 aliphatic carbocycles. The van der Waals surface area contributed by atoms with E-state index in [4.69, 9.17) is 4.74 Å². The molecular weight excluding hydrogens is 362 g/mol. The number of H-pyrrole nitrogens is 1. The predicted molar refractivity (Wildman–Crippen MR) is 101 cm³/mol. The third-order valence-corrected chi connectivity index (χ3v) is 5.64. The van der Waals surface area contributed by atoms with Crippen molar-refractivity contribution >= 4 is 23.7 Å². The molecule has 0 bridgehead atoms. The zero-order chi connectivity index (χ0) is 20.5. The summed E-state index contributed by atoms with van der Waals surface area (Å²) in [5.41, 5.74) is 0.499. The van der Waals surface area contributed by atoms with E-state index >= 15 is 0 Å². The fourth-order valence-electron chi connectivity index (χ4n) is 4.30. The standard InChI is InChI=1S/C20H27N3O5/c1-4-28-17(25)16-13(3)21-12(2)15(16)14(24)11-23-18(26)20(22-19(23)27)9-7-5-6-8-10-20/h21H,4-11H2,1-3H3,(H,22,27). The van der Waals surface area contributed by atoms with E-state index in [-0.39, 0.29) is 23.6 Å². The second-order valence-electron chi connectivity index (χ2n) is 7.59. The smallest absolute Gasteiger partial charge is 0.340 e. The van der Waals surface area contributed by atoms with Crippen LogP contribution in [0.25, 0.3) is 0 Å². The van der Waals surface area contributed by atoms with Crippen molar-refractivity contribution in [2.24, 2.45) is 0 Å². The fraction of sp³-hybridized carbons (Fsp3) is 0.600. The van der Waals surface area contributed by atoms with E-state index in [2.05, 4.69) is 10.3 Å². The highest BCUT2D eigenvalue weighted by Crippen LogP contribution is 2.33. The molecule has 1 aromatic rings. The van der Waals surface area contributed by atoms with Gasteiger partial charge >= 0.3 is 12.0 Å². The van der Waals surface area contributed by atoms with Crippen molar-refractivity contribution in [2.45, 2.75) is 64.8 Å². The molecule has 0 aromatic carbocycles. The number of ether oxygens (including phenoxy) is 1. The van der Waals surface area contributed by atoms with Crippen molar-refractivity contribution < 1.29 is 23.9 Å². The summed E-state index contributed by atoms with van der Waals surface area (Å²) in [5, 5.41) is 2.83. The Bertz CT molecular complexity index is 818. The Balaban J connectivity index is 1.85. The van der Waals surface area contributed by atoms with Crippen LogP contribution in [0.4, 0.5) is 4.79 Å². The van der Waals surface area contributed by atoms with Gasteiger partial charge in [0.15, 0.2) is 5.78 Å². The van der Waals surface area contributed by atoms with Gasteiger partial charge in [0.2, 0.25) is 0 Å². The lowest BCUT2D eigenvalue weighted by molar-refractivity contribution is -0.131. The zero-order valence-electron chi connectivity index (χ0n) is 16.6. The van der Waals surface area contributed by atoms with Gasteiger partial charge in [-0.25, -0.2) is 9.59 Å². The van der Waals surface area contributed by atoms with Gasteiger partial charge in [-0.2, -0.15) is 0 Å². The van der Waals surface area contributed by atoms with Crippen molar-refractivity contribution in [2.75, 3.05) is 13.2 Å². The van der Waals surface area contributed by atoms with Gasteiger partial charge in [0.25, 0.3) is 5.91 Å². The van der Waals surface area contributed by atoms with Gasteiger partial charge in [-0.1, -0.05) is 25.7 Å². The predicted octanol–water partition coefficient (Wildman–Crippen LogP) is 2.64. The highest BCUT2D eigenvalue weighted by molar-refractivity contribution is 6.14. The molecule has 3 rings (SSSR count). The van der Waals surface area contributed by atoms with Crippen molar-refractivity contribution in [1.29, 1.82) is 0 Å². The molecule has 8 nitrogen and oxygen atoms in total. The third-order valence-electron chi connectivity index (χ3n) is 5.64. The number of nitrogens with one attached hydrogen (secondary N) is 2. The van der Waals surface area contributed by atoms with Crippen LogP contribution in [-0.4, -0.2) is 52.3 Å². The second kappa shape index (κ2) is 7.77. The van der Waals surface area contributed by atoms with Crippen LogP contribution in [0.2, 0.25) is 0 Å². The summed E-state index contributed by atoms with van der Waals surface area (Å²) in [4.78, 5) is 54.8. The molecule has 2 N–H and O–H groups in total. The topological polar surface area (TPSA) is 109 Å². The van der Waals surface area contributed by atoms with Crippen LogP contribution < -0.4 is 5.32 Å². The van der Waals surface area contributed by atoms with E-state index in [1.165, 1.54) is 0 Å². The van der Waals surface area contributed by atoms with E-state index in [1.54, 1.807) is 20.8 Å². The Morgan fingerprint density at radius 2 is 1.64 bits per heavy atom. The number of carbonyl (C=O) groups is 4. The fourth-order valence-corrected chi connectivity index (χ4v) is 4.30. The number of rotatable bonds is 5. The molecule has 1 spiro atoms. The summed E-state index contributed by atoms with van der Waals surface area (Å²) in [6.45, 7) is 4.85. The number of ketones is 1. The van der Waals surface area contributed by atoms with Gasteiger partial charge in [-0.05, 0) is 33.6 Å². The van der Waals surface area contributed by atoms with E-state index < -0.39 is 29.9 Å². The number of amides is 3. The van der Waals surface area contributed by atoms with E-state index in [0.717, 1.165) is 30.6 Å². The zero-order valence-corrected chi connectivity index (χ0v) is 16.6. The van der Waals surface area contributed by atoms with Crippen molar-refractivity contribution in [3.8, 4) is 0 Å². The molecule has 0 unspecified atom stereocenters. The van der Waals surface area contributed by atoms with E-state index in [1.807, 2.05) is 0 Å². The number of aromatic amines is 1. The third kappa shape index (κ3) is 3.43. The highest BCUT2D eigenvalue weighted by atomic mass is 16.5. The first kappa shape index (κ1) is 20.1. The Kier molecular flexibility index (Phi) is 5.58. The number of carbonyl (C=O) groups excluding carboxylic acids is 4. The maximum absolute atomic E-state index is 13.0. The summed E-state index contributed by atoms with van der Waals surface area (Å²) in [6, 6.07) is -0.539. The summed E-state index contributed by atoms with van der Waals surface area (Å²) < 4.78 is 5.06. The van der Waals surface area contributed by atoms with Crippen molar-refractivity contribution in [1.82, 2.24) is 15.2 Å². The average Bonchev–Trinajstić information content (AvgIpc) is 2.93. The molecule has 1 saturated carbocycles. The van der Waals surface area contributed by atoms with Crippen LogP contribution in [0.15, 0.2) is 0 Å². The SMILES string of the molecule is CCOC(=O)c1c(C)[nH]c(C)c1C(=O)CN1C(=O)NC2(CCCCCC2)C1=O. The number of urea groups is 1. The van der Waals surface area contributed by atoms with Crippen molar-refractivity contribution in [3.05, 3.63) is 22.5 Å².